The Bertz CT molecular complexity index is 3060. The molecule has 11 aromatic rings. The van der Waals surface area contributed by atoms with Crippen molar-refractivity contribution in [1.29, 1.82) is 0 Å². The van der Waals surface area contributed by atoms with Gasteiger partial charge in [-0.15, -0.1) is 0 Å². The van der Waals surface area contributed by atoms with Gasteiger partial charge in [-0.2, -0.15) is 0 Å². The molecule has 2 heterocycles. The van der Waals surface area contributed by atoms with Crippen molar-refractivity contribution in [2.45, 2.75) is 0 Å². The summed E-state index contributed by atoms with van der Waals surface area (Å²) in [7, 11) is 0. The van der Waals surface area contributed by atoms with Crippen LogP contribution in [0.25, 0.3) is 87.7 Å². The highest BCUT2D eigenvalue weighted by Gasteiger charge is 2.19. The minimum atomic E-state index is 0.853. The maximum atomic E-state index is 6.38. The summed E-state index contributed by atoms with van der Waals surface area (Å²) in [6, 6.07) is 66.9. The highest BCUT2D eigenvalue weighted by molar-refractivity contribution is 6.18. The normalized spacial score (nSPS) is 11.8. The molecule has 11 rings (SSSR count). The van der Waals surface area contributed by atoms with Gasteiger partial charge in [0.05, 0.1) is 0 Å². The second-order valence-electron chi connectivity index (χ2n) is 13.7. The van der Waals surface area contributed by atoms with Gasteiger partial charge in [-0.1, -0.05) is 121 Å². The van der Waals surface area contributed by atoms with E-state index in [1.807, 2.05) is 24.3 Å². The molecule has 3 heteroatoms. The molecular formula is C50H31NO2. The van der Waals surface area contributed by atoms with Crippen molar-refractivity contribution in [2.75, 3.05) is 4.90 Å². The van der Waals surface area contributed by atoms with Gasteiger partial charge in [0.15, 0.2) is 0 Å². The summed E-state index contributed by atoms with van der Waals surface area (Å²) in [5.41, 5.74) is 11.3. The number of rotatable bonds is 5. The molecule has 53 heavy (non-hydrogen) atoms. The molecule has 0 aliphatic rings. The van der Waals surface area contributed by atoms with Crippen molar-refractivity contribution >= 4 is 82.5 Å². The van der Waals surface area contributed by atoms with E-state index in [0.717, 1.165) is 66.5 Å². The molecule has 0 fully saturated rings. The number of hydrogen-bond donors (Lipinski definition) is 0. The average molecular weight is 678 g/mol. The summed E-state index contributed by atoms with van der Waals surface area (Å²) in [6.45, 7) is 0. The van der Waals surface area contributed by atoms with Crippen molar-refractivity contribution < 1.29 is 8.83 Å². The van der Waals surface area contributed by atoms with Crippen LogP contribution >= 0.6 is 0 Å². The predicted octanol–water partition coefficient (Wildman–Crippen LogP) is 14.6. The number of para-hydroxylation sites is 2. The fraction of sp³-hybridized carbons (Fsp3) is 0. The van der Waals surface area contributed by atoms with Gasteiger partial charge < -0.3 is 13.7 Å². The summed E-state index contributed by atoms with van der Waals surface area (Å²) in [4.78, 5) is 2.29. The van der Waals surface area contributed by atoms with E-state index in [2.05, 4.69) is 169 Å². The van der Waals surface area contributed by atoms with Crippen molar-refractivity contribution in [3.63, 3.8) is 0 Å². The first-order valence-corrected chi connectivity index (χ1v) is 18.0. The van der Waals surface area contributed by atoms with Crippen LogP contribution in [0.5, 0.6) is 0 Å². The van der Waals surface area contributed by atoms with Crippen molar-refractivity contribution in [3.05, 3.63) is 188 Å². The van der Waals surface area contributed by atoms with E-state index >= 15 is 0 Å². The monoisotopic (exact) mass is 677 g/mol. The summed E-state index contributed by atoms with van der Waals surface area (Å²) >= 11 is 0. The zero-order valence-electron chi connectivity index (χ0n) is 28.7. The molecule has 0 radical (unpaired) electrons. The van der Waals surface area contributed by atoms with Crippen molar-refractivity contribution in [1.82, 2.24) is 0 Å². The average Bonchev–Trinajstić information content (AvgIpc) is 3.79. The summed E-state index contributed by atoms with van der Waals surface area (Å²) < 4.78 is 12.8. The Labute approximate surface area is 305 Å². The third-order valence-corrected chi connectivity index (χ3v) is 10.6. The molecule has 0 spiro atoms. The third kappa shape index (κ3) is 4.75. The molecule has 3 nitrogen and oxygen atoms in total. The Balaban J connectivity index is 1.10. The van der Waals surface area contributed by atoms with Crippen LogP contribution < -0.4 is 4.90 Å². The van der Waals surface area contributed by atoms with Crippen LogP contribution in [0.3, 0.4) is 0 Å². The van der Waals surface area contributed by atoms with Crippen LogP contribution in [0.4, 0.5) is 17.1 Å². The van der Waals surface area contributed by atoms with Crippen LogP contribution in [0.1, 0.15) is 0 Å². The second-order valence-corrected chi connectivity index (χ2v) is 13.7. The molecular weight excluding hydrogens is 647 g/mol. The second kappa shape index (κ2) is 11.7. The molecule has 0 aliphatic carbocycles. The number of anilines is 3. The molecule has 0 N–H and O–H groups in total. The lowest BCUT2D eigenvalue weighted by atomic mass is 9.88. The first kappa shape index (κ1) is 29.6. The third-order valence-electron chi connectivity index (χ3n) is 10.6. The van der Waals surface area contributed by atoms with Gasteiger partial charge in [-0.05, 0) is 98.4 Å². The van der Waals surface area contributed by atoms with Gasteiger partial charge in [0.2, 0.25) is 0 Å². The Hall–Kier alpha value is -7.10. The molecule has 2 aromatic heterocycles. The van der Waals surface area contributed by atoms with Crippen molar-refractivity contribution in [3.8, 4) is 22.3 Å². The zero-order valence-corrected chi connectivity index (χ0v) is 28.7. The van der Waals surface area contributed by atoms with Crippen LogP contribution in [0.15, 0.2) is 197 Å². The lowest BCUT2D eigenvalue weighted by Crippen LogP contribution is -2.09. The minimum absolute atomic E-state index is 0.853. The molecule has 248 valence electrons. The lowest BCUT2D eigenvalue weighted by Gasteiger charge is -2.26. The van der Waals surface area contributed by atoms with E-state index in [-0.39, 0.29) is 0 Å². The topological polar surface area (TPSA) is 29.5 Å². The number of nitrogens with zero attached hydrogens (tertiary/aromatic N) is 1. The first-order chi connectivity index (χ1) is 26.3. The summed E-state index contributed by atoms with van der Waals surface area (Å²) in [6.07, 6.45) is 0. The van der Waals surface area contributed by atoms with Crippen LogP contribution in [0, 0.1) is 0 Å². The number of benzene rings is 9. The number of furan rings is 2. The van der Waals surface area contributed by atoms with E-state index in [0.29, 0.717) is 0 Å². The molecule has 0 aliphatic heterocycles. The standard InChI is InChI=1S/C50H31NO2/c1-2-11-32(12-3-1)39-17-10-18-44-38-14-5-4-13-34(38)29-45(50(39)44)33-21-23-35(24-22-33)51(36-25-27-42-40-15-6-8-19-46(40)52-48(42)30-36)37-26-28-43-41-16-7-9-20-47(41)53-49(43)31-37/h1-31H. The lowest BCUT2D eigenvalue weighted by molar-refractivity contribution is 0.669. The van der Waals surface area contributed by atoms with Gasteiger partial charge in [0.1, 0.15) is 22.3 Å². The smallest absolute Gasteiger partial charge is 0.137 e. The fourth-order valence-corrected chi connectivity index (χ4v) is 8.19. The summed E-state index contributed by atoms with van der Waals surface area (Å²) in [5, 5.41) is 9.43. The summed E-state index contributed by atoms with van der Waals surface area (Å²) in [5.74, 6) is 0. The Morgan fingerprint density at radius 2 is 0.811 bits per heavy atom. The molecule has 0 saturated carbocycles. The van der Waals surface area contributed by atoms with E-state index in [1.54, 1.807) is 0 Å². The number of hydrogen-bond acceptors (Lipinski definition) is 3. The predicted molar refractivity (Wildman–Crippen MR) is 222 cm³/mol. The Kier molecular flexibility index (Phi) is 6.55. The van der Waals surface area contributed by atoms with Crippen LogP contribution in [-0.4, -0.2) is 0 Å². The van der Waals surface area contributed by atoms with E-state index in [9.17, 15) is 0 Å². The van der Waals surface area contributed by atoms with Gasteiger partial charge in [-0.3, -0.25) is 0 Å². The largest absolute Gasteiger partial charge is 0.456 e. The highest BCUT2D eigenvalue weighted by atomic mass is 16.3. The quantitative estimate of drug-likeness (QED) is 0.170. The molecule has 9 aromatic carbocycles. The maximum absolute atomic E-state index is 6.38. The molecule has 0 bridgehead atoms. The zero-order chi connectivity index (χ0) is 34.9. The fourth-order valence-electron chi connectivity index (χ4n) is 8.19. The van der Waals surface area contributed by atoms with E-state index in [4.69, 9.17) is 8.83 Å². The minimum Gasteiger partial charge on any atom is -0.456 e. The highest BCUT2D eigenvalue weighted by Crippen LogP contribution is 2.44. The Morgan fingerprint density at radius 1 is 0.302 bits per heavy atom. The first-order valence-electron chi connectivity index (χ1n) is 18.0. The number of fused-ring (bicyclic) bond motifs is 9. The molecule has 0 saturated heterocycles. The molecule has 0 unspecified atom stereocenters. The Morgan fingerprint density at radius 3 is 1.47 bits per heavy atom. The van der Waals surface area contributed by atoms with E-state index < -0.39 is 0 Å². The van der Waals surface area contributed by atoms with E-state index in [1.165, 1.54) is 38.2 Å². The van der Waals surface area contributed by atoms with Gasteiger partial charge in [0, 0.05) is 50.7 Å². The van der Waals surface area contributed by atoms with Crippen LogP contribution in [0.2, 0.25) is 0 Å². The maximum Gasteiger partial charge on any atom is 0.137 e. The van der Waals surface area contributed by atoms with Crippen molar-refractivity contribution in [2.24, 2.45) is 0 Å². The van der Waals surface area contributed by atoms with Gasteiger partial charge in [-0.25, -0.2) is 0 Å². The SMILES string of the molecule is c1ccc(-c2cccc3c2c(-c2ccc(N(c4ccc5c(c4)oc4ccccc45)c4ccc5c(c4)oc4ccccc45)cc2)cc2ccccc23)cc1. The van der Waals surface area contributed by atoms with Gasteiger partial charge >= 0.3 is 0 Å². The molecule has 0 amide bonds. The van der Waals surface area contributed by atoms with Gasteiger partial charge in [0.25, 0.3) is 0 Å². The molecule has 0 atom stereocenters. The van der Waals surface area contributed by atoms with Crippen LogP contribution in [-0.2, 0) is 0 Å².